The van der Waals surface area contributed by atoms with E-state index < -0.39 is 5.97 Å². The maximum Gasteiger partial charge on any atom is 0.337 e. The number of nitrogen functional groups attached to an aromatic ring is 1. The number of nitrogens with two attached hydrogens (primary N) is 1. The van der Waals surface area contributed by atoms with Crippen molar-refractivity contribution in [3.05, 3.63) is 23.8 Å². The van der Waals surface area contributed by atoms with Gasteiger partial charge in [-0.15, -0.1) is 0 Å². The van der Waals surface area contributed by atoms with Crippen molar-refractivity contribution in [3.8, 4) is 0 Å². The van der Waals surface area contributed by atoms with Crippen molar-refractivity contribution in [2.24, 2.45) is 5.92 Å². The molecule has 1 aliphatic heterocycles. The van der Waals surface area contributed by atoms with E-state index in [0.29, 0.717) is 23.2 Å². The minimum Gasteiger partial charge on any atom is -0.478 e. The van der Waals surface area contributed by atoms with Gasteiger partial charge < -0.3 is 15.7 Å². The highest BCUT2D eigenvalue weighted by molar-refractivity contribution is 5.95. The molecule has 0 aliphatic carbocycles. The Bertz CT molecular complexity index is 445. The van der Waals surface area contributed by atoms with Crippen LogP contribution in [0.15, 0.2) is 18.2 Å². The molecule has 1 heterocycles. The molecule has 0 saturated carbocycles. The molecule has 2 rings (SSSR count). The van der Waals surface area contributed by atoms with Gasteiger partial charge in [0.05, 0.1) is 11.3 Å². The summed E-state index contributed by atoms with van der Waals surface area (Å²) in [6.45, 7) is 5.20. The average molecular weight is 234 g/mol. The number of rotatable bonds is 2. The molecule has 0 aromatic heterocycles. The number of nitrogens with zero attached hydrogens (tertiary/aromatic N) is 1. The van der Waals surface area contributed by atoms with Crippen molar-refractivity contribution >= 4 is 17.3 Å². The summed E-state index contributed by atoms with van der Waals surface area (Å²) in [4.78, 5) is 13.4. The average Bonchev–Trinajstić information content (AvgIpc) is 2.57. The second kappa shape index (κ2) is 4.28. The Hall–Kier alpha value is -1.71. The summed E-state index contributed by atoms with van der Waals surface area (Å²) in [7, 11) is 0. The molecule has 17 heavy (non-hydrogen) atoms. The fourth-order valence-electron chi connectivity index (χ4n) is 2.60. The fraction of sp³-hybridized carbons (Fsp3) is 0.462. The van der Waals surface area contributed by atoms with E-state index in [0.717, 1.165) is 18.7 Å². The number of hydrogen-bond donors (Lipinski definition) is 2. The van der Waals surface area contributed by atoms with Crippen LogP contribution in [-0.4, -0.2) is 23.7 Å². The largest absolute Gasteiger partial charge is 0.478 e. The predicted octanol–water partition coefficient (Wildman–Crippen LogP) is 2.20. The van der Waals surface area contributed by atoms with Gasteiger partial charge in [0.25, 0.3) is 0 Å². The number of anilines is 2. The van der Waals surface area contributed by atoms with Crippen LogP contribution in [0.1, 0.15) is 30.6 Å². The fourth-order valence-corrected chi connectivity index (χ4v) is 2.60. The van der Waals surface area contributed by atoms with Crippen LogP contribution in [0.5, 0.6) is 0 Å². The maximum atomic E-state index is 11.2. The third-order valence-electron chi connectivity index (χ3n) is 3.35. The van der Waals surface area contributed by atoms with Crippen molar-refractivity contribution in [2.75, 3.05) is 17.2 Å². The van der Waals surface area contributed by atoms with Gasteiger partial charge >= 0.3 is 5.97 Å². The molecule has 3 N–H and O–H groups in total. The zero-order valence-corrected chi connectivity index (χ0v) is 10.2. The third kappa shape index (κ3) is 2.20. The smallest absolute Gasteiger partial charge is 0.337 e. The molecule has 0 spiro atoms. The van der Waals surface area contributed by atoms with E-state index in [2.05, 4.69) is 18.7 Å². The van der Waals surface area contributed by atoms with Gasteiger partial charge in [0, 0.05) is 18.3 Å². The van der Waals surface area contributed by atoms with Gasteiger partial charge in [-0.05, 0) is 37.5 Å². The zero-order valence-electron chi connectivity index (χ0n) is 10.2. The standard InChI is InChI=1S/C13H18N2O2/c1-8-5-9(2)15(7-8)12-6-10(14)3-4-11(12)13(16)17/h3-4,6,8-9H,5,7,14H2,1-2H3,(H,16,17). The summed E-state index contributed by atoms with van der Waals surface area (Å²) >= 11 is 0. The molecule has 1 aromatic rings. The summed E-state index contributed by atoms with van der Waals surface area (Å²) in [6, 6.07) is 5.35. The van der Waals surface area contributed by atoms with Crippen molar-refractivity contribution in [1.29, 1.82) is 0 Å². The van der Waals surface area contributed by atoms with Crippen LogP contribution in [0.25, 0.3) is 0 Å². The molecule has 2 atom stereocenters. The van der Waals surface area contributed by atoms with E-state index in [9.17, 15) is 9.90 Å². The molecule has 1 aliphatic rings. The summed E-state index contributed by atoms with van der Waals surface area (Å²) in [5.41, 5.74) is 7.44. The minimum absolute atomic E-state index is 0.333. The molecule has 0 radical (unpaired) electrons. The number of carbonyl (C=O) groups is 1. The lowest BCUT2D eigenvalue weighted by atomic mass is 10.1. The van der Waals surface area contributed by atoms with Gasteiger partial charge in [-0.1, -0.05) is 6.92 Å². The van der Waals surface area contributed by atoms with Gasteiger partial charge in [0.2, 0.25) is 0 Å². The van der Waals surface area contributed by atoms with E-state index in [1.165, 1.54) is 0 Å². The van der Waals surface area contributed by atoms with E-state index in [1.54, 1.807) is 18.2 Å². The van der Waals surface area contributed by atoms with Crippen LogP contribution in [0.3, 0.4) is 0 Å². The first-order valence-corrected chi connectivity index (χ1v) is 5.88. The Kier molecular flexibility index (Phi) is 2.96. The van der Waals surface area contributed by atoms with Gasteiger partial charge in [-0.3, -0.25) is 0 Å². The second-order valence-electron chi connectivity index (χ2n) is 4.92. The first-order valence-electron chi connectivity index (χ1n) is 5.88. The quantitative estimate of drug-likeness (QED) is 0.770. The number of hydrogen-bond acceptors (Lipinski definition) is 3. The highest BCUT2D eigenvalue weighted by Gasteiger charge is 2.28. The molecule has 1 fully saturated rings. The van der Waals surface area contributed by atoms with Gasteiger partial charge in [-0.25, -0.2) is 4.79 Å². The molecule has 92 valence electrons. The molecule has 2 unspecified atom stereocenters. The molecule has 0 bridgehead atoms. The second-order valence-corrected chi connectivity index (χ2v) is 4.92. The molecule has 1 aromatic carbocycles. The van der Waals surface area contributed by atoms with Gasteiger partial charge in [0.1, 0.15) is 0 Å². The van der Waals surface area contributed by atoms with Crippen LogP contribution in [0, 0.1) is 5.92 Å². The Balaban J connectivity index is 2.43. The van der Waals surface area contributed by atoms with Gasteiger partial charge in [0.15, 0.2) is 0 Å². The summed E-state index contributed by atoms with van der Waals surface area (Å²) in [5, 5.41) is 9.20. The Morgan fingerprint density at radius 1 is 1.47 bits per heavy atom. The van der Waals surface area contributed by atoms with Crippen molar-refractivity contribution in [3.63, 3.8) is 0 Å². The number of carboxylic acids is 1. The third-order valence-corrected chi connectivity index (χ3v) is 3.35. The van der Waals surface area contributed by atoms with Crippen molar-refractivity contribution < 1.29 is 9.90 Å². The highest BCUT2D eigenvalue weighted by atomic mass is 16.4. The van der Waals surface area contributed by atoms with Crippen LogP contribution >= 0.6 is 0 Å². The Morgan fingerprint density at radius 3 is 2.71 bits per heavy atom. The molecule has 0 amide bonds. The number of carboxylic acid groups (broad SMARTS) is 1. The SMILES string of the molecule is CC1CC(C)N(c2cc(N)ccc2C(=O)O)C1. The van der Waals surface area contributed by atoms with Crippen LogP contribution in [0.4, 0.5) is 11.4 Å². The Labute approximate surface area is 101 Å². The van der Waals surface area contributed by atoms with E-state index in [1.807, 2.05) is 0 Å². The highest BCUT2D eigenvalue weighted by Crippen LogP contribution is 2.32. The zero-order chi connectivity index (χ0) is 12.6. The lowest BCUT2D eigenvalue weighted by Crippen LogP contribution is -2.28. The minimum atomic E-state index is -0.897. The first kappa shape index (κ1) is 11.8. The van der Waals surface area contributed by atoms with Crippen LogP contribution in [0.2, 0.25) is 0 Å². The molecular formula is C13H18N2O2. The lowest BCUT2D eigenvalue weighted by molar-refractivity contribution is 0.0697. The Morgan fingerprint density at radius 2 is 2.18 bits per heavy atom. The molecule has 4 nitrogen and oxygen atoms in total. The van der Waals surface area contributed by atoms with E-state index >= 15 is 0 Å². The maximum absolute atomic E-state index is 11.2. The molecule has 4 heteroatoms. The first-order chi connectivity index (χ1) is 7.99. The van der Waals surface area contributed by atoms with E-state index in [4.69, 9.17) is 5.73 Å². The predicted molar refractivity (Wildman–Crippen MR) is 68.4 cm³/mol. The summed E-state index contributed by atoms with van der Waals surface area (Å²) < 4.78 is 0. The molecular weight excluding hydrogens is 216 g/mol. The lowest BCUT2D eigenvalue weighted by Gasteiger charge is -2.25. The summed E-state index contributed by atoms with van der Waals surface area (Å²) in [5.74, 6) is -0.306. The monoisotopic (exact) mass is 234 g/mol. The van der Waals surface area contributed by atoms with Crippen molar-refractivity contribution in [2.45, 2.75) is 26.3 Å². The van der Waals surface area contributed by atoms with Crippen LogP contribution < -0.4 is 10.6 Å². The summed E-state index contributed by atoms with van der Waals surface area (Å²) in [6.07, 6.45) is 1.09. The number of aromatic carboxylic acids is 1. The van der Waals surface area contributed by atoms with E-state index in [-0.39, 0.29) is 0 Å². The normalized spacial score (nSPS) is 24.0. The van der Waals surface area contributed by atoms with Gasteiger partial charge in [-0.2, -0.15) is 0 Å². The topological polar surface area (TPSA) is 66.6 Å². The molecule has 1 saturated heterocycles. The van der Waals surface area contributed by atoms with Crippen LogP contribution in [-0.2, 0) is 0 Å². The van der Waals surface area contributed by atoms with Crippen molar-refractivity contribution in [1.82, 2.24) is 0 Å². The number of benzene rings is 1.